The summed E-state index contributed by atoms with van der Waals surface area (Å²) < 4.78 is 1.74. The maximum absolute atomic E-state index is 11.5. The number of benzene rings is 1. The largest absolute Gasteiger partial charge is 0.481 e. The first-order valence-corrected chi connectivity index (χ1v) is 6.72. The van der Waals surface area contributed by atoms with Crippen LogP contribution in [0.5, 0.6) is 0 Å². The molecule has 1 aromatic carbocycles. The molecular formula is C15H17N3O3. The zero-order valence-corrected chi connectivity index (χ0v) is 11.5. The Morgan fingerprint density at radius 2 is 1.95 bits per heavy atom. The molecule has 0 spiro atoms. The zero-order valence-electron chi connectivity index (χ0n) is 11.5. The third-order valence-electron chi connectivity index (χ3n) is 2.94. The van der Waals surface area contributed by atoms with E-state index in [0.717, 1.165) is 11.3 Å². The molecular weight excluding hydrogens is 270 g/mol. The topological polar surface area (TPSA) is 84.2 Å². The Hall–Kier alpha value is -2.63. The SMILES string of the molecule is O=C(O)CCCC(=O)NCc1cnn(-c2ccccc2)c1. The maximum Gasteiger partial charge on any atom is 0.303 e. The number of rotatable bonds is 7. The Balaban J connectivity index is 1.80. The fourth-order valence-electron chi connectivity index (χ4n) is 1.86. The molecule has 2 aromatic rings. The molecule has 0 saturated carbocycles. The van der Waals surface area contributed by atoms with E-state index in [9.17, 15) is 9.59 Å². The molecule has 1 amide bonds. The number of carbonyl (C=O) groups is 2. The van der Waals surface area contributed by atoms with Crippen molar-refractivity contribution in [2.45, 2.75) is 25.8 Å². The number of aromatic nitrogens is 2. The van der Waals surface area contributed by atoms with Crippen LogP contribution < -0.4 is 5.32 Å². The fraction of sp³-hybridized carbons (Fsp3) is 0.267. The molecule has 1 aromatic heterocycles. The summed E-state index contributed by atoms with van der Waals surface area (Å²) in [5, 5.41) is 15.5. The molecule has 0 saturated heterocycles. The number of carboxylic acids is 1. The van der Waals surface area contributed by atoms with Gasteiger partial charge >= 0.3 is 5.97 Å². The van der Waals surface area contributed by atoms with Gasteiger partial charge < -0.3 is 10.4 Å². The first kappa shape index (κ1) is 14.8. The molecule has 21 heavy (non-hydrogen) atoms. The fourth-order valence-corrected chi connectivity index (χ4v) is 1.86. The van der Waals surface area contributed by atoms with Crippen LogP contribution in [0.1, 0.15) is 24.8 Å². The van der Waals surface area contributed by atoms with Gasteiger partial charge in [0.15, 0.2) is 0 Å². The lowest BCUT2D eigenvalue weighted by Crippen LogP contribution is -2.22. The quantitative estimate of drug-likeness (QED) is 0.812. The summed E-state index contributed by atoms with van der Waals surface area (Å²) in [6.07, 6.45) is 4.14. The molecule has 1 heterocycles. The Labute approximate surface area is 122 Å². The molecule has 2 N–H and O–H groups in total. The van der Waals surface area contributed by atoms with Gasteiger partial charge in [-0.25, -0.2) is 4.68 Å². The standard InChI is InChI=1S/C15H17N3O3/c19-14(7-4-8-15(20)21)16-9-12-10-17-18(11-12)13-5-2-1-3-6-13/h1-3,5-6,10-11H,4,7-9H2,(H,16,19)(H,20,21). The van der Waals surface area contributed by atoms with E-state index in [-0.39, 0.29) is 18.7 Å². The number of aliphatic carboxylic acids is 1. The third kappa shape index (κ3) is 4.76. The molecule has 0 bridgehead atoms. The van der Waals surface area contributed by atoms with Crippen LogP contribution in [0.4, 0.5) is 0 Å². The Morgan fingerprint density at radius 1 is 1.19 bits per heavy atom. The van der Waals surface area contributed by atoms with Crippen molar-refractivity contribution in [1.29, 1.82) is 0 Å². The minimum Gasteiger partial charge on any atom is -0.481 e. The predicted molar refractivity (Wildman–Crippen MR) is 76.9 cm³/mol. The van der Waals surface area contributed by atoms with Gasteiger partial charge in [0.25, 0.3) is 0 Å². The van der Waals surface area contributed by atoms with Crippen molar-refractivity contribution < 1.29 is 14.7 Å². The van der Waals surface area contributed by atoms with E-state index in [1.807, 2.05) is 36.5 Å². The van der Waals surface area contributed by atoms with Crippen molar-refractivity contribution in [1.82, 2.24) is 15.1 Å². The Morgan fingerprint density at radius 3 is 2.67 bits per heavy atom. The van der Waals surface area contributed by atoms with Crippen molar-refractivity contribution >= 4 is 11.9 Å². The molecule has 110 valence electrons. The lowest BCUT2D eigenvalue weighted by molar-refractivity contribution is -0.137. The summed E-state index contributed by atoms with van der Waals surface area (Å²) in [4.78, 5) is 21.9. The van der Waals surface area contributed by atoms with Gasteiger partial charge in [0.1, 0.15) is 0 Å². The van der Waals surface area contributed by atoms with Gasteiger partial charge in [-0.15, -0.1) is 0 Å². The summed E-state index contributed by atoms with van der Waals surface area (Å²) >= 11 is 0. The second-order valence-electron chi connectivity index (χ2n) is 4.65. The van der Waals surface area contributed by atoms with E-state index in [1.54, 1.807) is 10.9 Å². The summed E-state index contributed by atoms with van der Waals surface area (Å²) in [6, 6.07) is 9.69. The van der Waals surface area contributed by atoms with Gasteiger partial charge in [-0.3, -0.25) is 9.59 Å². The first-order chi connectivity index (χ1) is 10.1. The number of hydrogen-bond donors (Lipinski definition) is 2. The molecule has 0 unspecified atom stereocenters. The molecule has 0 aliphatic heterocycles. The highest BCUT2D eigenvalue weighted by molar-refractivity contribution is 5.76. The average molecular weight is 287 g/mol. The summed E-state index contributed by atoms with van der Waals surface area (Å²) in [5.74, 6) is -1.03. The second-order valence-corrected chi connectivity index (χ2v) is 4.65. The van der Waals surface area contributed by atoms with E-state index in [2.05, 4.69) is 10.4 Å². The summed E-state index contributed by atoms with van der Waals surface area (Å²) in [5.41, 5.74) is 1.85. The van der Waals surface area contributed by atoms with Gasteiger partial charge in [-0.1, -0.05) is 18.2 Å². The van der Waals surface area contributed by atoms with Gasteiger partial charge in [0.2, 0.25) is 5.91 Å². The molecule has 0 atom stereocenters. The number of carboxylic acid groups (broad SMARTS) is 1. The third-order valence-corrected chi connectivity index (χ3v) is 2.94. The second kappa shape index (κ2) is 7.23. The smallest absolute Gasteiger partial charge is 0.303 e. The van der Waals surface area contributed by atoms with E-state index >= 15 is 0 Å². The van der Waals surface area contributed by atoms with Gasteiger partial charge in [-0.05, 0) is 18.6 Å². The number of amides is 1. The monoisotopic (exact) mass is 287 g/mol. The van der Waals surface area contributed by atoms with Crippen LogP contribution in [-0.4, -0.2) is 26.8 Å². The van der Waals surface area contributed by atoms with Crippen molar-refractivity contribution in [3.63, 3.8) is 0 Å². The highest BCUT2D eigenvalue weighted by atomic mass is 16.4. The highest BCUT2D eigenvalue weighted by Crippen LogP contribution is 2.07. The van der Waals surface area contributed by atoms with Crippen LogP contribution in [0, 0.1) is 0 Å². The first-order valence-electron chi connectivity index (χ1n) is 6.72. The van der Waals surface area contributed by atoms with Crippen LogP contribution in [0.25, 0.3) is 5.69 Å². The Bertz CT molecular complexity index is 608. The molecule has 6 heteroatoms. The number of nitrogens with zero attached hydrogens (tertiary/aromatic N) is 2. The van der Waals surface area contributed by atoms with Gasteiger partial charge in [0, 0.05) is 31.1 Å². The Kier molecular flexibility index (Phi) is 5.09. The normalized spacial score (nSPS) is 10.3. The molecule has 0 aliphatic rings. The number of nitrogens with one attached hydrogen (secondary N) is 1. The van der Waals surface area contributed by atoms with Crippen molar-refractivity contribution in [2.75, 3.05) is 0 Å². The molecule has 0 fully saturated rings. The number of carbonyl (C=O) groups excluding carboxylic acids is 1. The van der Waals surface area contributed by atoms with Crippen molar-refractivity contribution in [2.24, 2.45) is 0 Å². The summed E-state index contributed by atoms with van der Waals surface area (Å²) in [6.45, 7) is 0.388. The lowest BCUT2D eigenvalue weighted by atomic mass is 10.2. The zero-order chi connectivity index (χ0) is 15.1. The van der Waals surface area contributed by atoms with Gasteiger partial charge in [0.05, 0.1) is 11.9 Å². The minimum absolute atomic E-state index is 0.0133. The van der Waals surface area contributed by atoms with E-state index in [1.165, 1.54) is 0 Å². The molecule has 0 radical (unpaired) electrons. The van der Waals surface area contributed by atoms with Crippen LogP contribution in [-0.2, 0) is 16.1 Å². The minimum atomic E-state index is -0.882. The van der Waals surface area contributed by atoms with Crippen molar-refractivity contribution in [3.8, 4) is 5.69 Å². The van der Waals surface area contributed by atoms with Crippen LogP contribution in [0.2, 0.25) is 0 Å². The van der Waals surface area contributed by atoms with E-state index < -0.39 is 5.97 Å². The van der Waals surface area contributed by atoms with Crippen molar-refractivity contribution in [3.05, 3.63) is 48.3 Å². The average Bonchev–Trinajstić information content (AvgIpc) is 2.94. The summed E-state index contributed by atoms with van der Waals surface area (Å²) in [7, 11) is 0. The van der Waals surface area contributed by atoms with E-state index in [4.69, 9.17) is 5.11 Å². The van der Waals surface area contributed by atoms with Gasteiger partial charge in [-0.2, -0.15) is 5.10 Å². The molecule has 6 nitrogen and oxygen atoms in total. The van der Waals surface area contributed by atoms with Crippen LogP contribution in [0.15, 0.2) is 42.7 Å². The van der Waals surface area contributed by atoms with Crippen LogP contribution in [0.3, 0.4) is 0 Å². The van der Waals surface area contributed by atoms with E-state index in [0.29, 0.717) is 13.0 Å². The van der Waals surface area contributed by atoms with Crippen LogP contribution >= 0.6 is 0 Å². The molecule has 0 aliphatic carbocycles. The predicted octanol–water partition coefficient (Wildman–Crippen LogP) is 1.74. The number of hydrogen-bond acceptors (Lipinski definition) is 3. The maximum atomic E-state index is 11.5. The molecule has 2 rings (SSSR count). The number of para-hydroxylation sites is 1. The highest BCUT2D eigenvalue weighted by Gasteiger charge is 2.05. The lowest BCUT2D eigenvalue weighted by Gasteiger charge is -2.02.